The van der Waals surface area contributed by atoms with E-state index in [0.29, 0.717) is 0 Å². The van der Waals surface area contributed by atoms with E-state index in [9.17, 15) is 14.4 Å². The molecule has 1 fully saturated rings. The zero-order chi connectivity index (χ0) is 8.43. The summed E-state index contributed by atoms with van der Waals surface area (Å²) in [6, 6.07) is 0. The molecule has 1 heterocycles. The summed E-state index contributed by atoms with van der Waals surface area (Å²) in [6.45, 7) is 0. The van der Waals surface area contributed by atoms with Gasteiger partial charge >= 0.3 is 5.97 Å². The second kappa shape index (κ2) is 3.04. The summed E-state index contributed by atoms with van der Waals surface area (Å²) < 4.78 is 0. The maximum Gasteiger partial charge on any atom is 0.321 e. The number of ketones is 2. The maximum absolute atomic E-state index is 10.8. The summed E-state index contributed by atoms with van der Waals surface area (Å²) in [7, 11) is 0. The van der Waals surface area contributed by atoms with Gasteiger partial charge in [0.05, 0.1) is 11.5 Å². The molecule has 60 valence electrons. The van der Waals surface area contributed by atoms with Crippen molar-refractivity contribution >= 4 is 29.3 Å². The molecule has 0 saturated carbocycles. The third-order valence-electron chi connectivity index (χ3n) is 1.38. The first-order valence-electron chi connectivity index (χ1n) is 2.99. The van der Waals surface area contributed by atoms with Crippen molar-refractivity contribution in [2.24, 2.45) is 5.92 Å². The van der Waals surface area contributed by atoms with Crippen molar-refractivity contribution in [2.75, 3.05) is 11.5 Å². The van der Waals surface area contributed by atoms with Crippen molar-refractivity contribution in [1.29, 1.82) is 0 Å². The molecule has 0 aliphatic carbocycles. The number of carboxylic acids is 1. The zero-order valence-electron chi connectivity index (χ0n) is 5.57. The van der Waals surface area contributed by atoms with Crippen molar-refractivity contribution in [3.05, 3.63) is 0 Å². The fourth-order valence-electron chi connectivity index (χ4n) is 0.874. The standard InChI is InChI=1S/C6H6O4S/c7-3-1-11-2-4(8)5(3)6(9)10/h5H,1-2H2,(H,9,10). The summed E-state index contributed by atoms with van der Waals surface area (Å²) in [5, 5.41) is 8.43. The van der Waals surface area contributed by atoms with Crippen LogP contribution in [-0.4, -0.2) is 34.1 Å². The predicted octanol–water partition coefficient (Wildman–Crippen LogP) is -0.428. The summed E-state index contributed by atoms with van der Waals surface area (Å²) >= 11 is 1.17. The molecule has 0 radical (unpaired) electrons. The first-order chi connectivity index (χ1) is 5.13. The molecule has 5 heteroatoms. The minimum absolute atomic E-state index is 0.142. The number of carboxylic acid groups (broad SMARTS) is 1. The Labute approximate surface area is 67.0 Å². The van der Waals surface area contributed by atoms with Gasteiger partial charge in [0.2, 0.25) is 0 Å². The van der Waals surface area contributed by atoms with Gasteiger partial charge in [-0.05, 0) is 0 Å². The highest BCUT2D eigenvalue weighted by atomic mass is 32.2. The SMILES string of the molecule is O=C(O)C1C(=O)CSCC1=O. The van der Waals surface area contributed by atoms with Crippen LogP contribution in [-0.2, 0) is 14.4 Å². The van der Waals surface area contributed by atoms with E-state index in [-0.39, 0.29) is 11.5 Å². The first-order valence-corrected chi connectivity index (χ1v) is 4.14. The highest BCUT2D eigenvalue weighted by Crippen LogP contribution is 2.16. The highest BCUT2D eigenvalue weighted by molar-refractivity contribution is 8.00. The molecule has 0 atom stereocenters. The Bertz CT molecular complexity index is 207. The lowest BCUT2D eigenvalue weighted by Crippen LogP contribution is -2.37. The summed E-state index contributed by atoms with van der Waals surface area (Å²) in [5.41, 5.74) is 0. The minimum Gasteiger partial charge on any atom is -0.480 e. The van der Waals surface area contributed by atoms with E-state index in [2.05, 4.69) is 0 Å². The Morgan fingerprint density at radius 2 is 1.82 bits per heavy atom. The van der Waals surface area contributed by atoms with Crippen LogP contribution in [0.5, 0.6) is 0 Å². The molecule has 0 aromatic rings. The van der Waals surface area contributed by atoms with Crippen LogP contribution in [0.1, 0.15) is 0 Å². The van der Waals surface area contributed by atoms with Crippen molar-refractivity contribution < 1.29 is 19.5 Å². The topological polar surface area (TPSA) is 71.4 Å². The largest absolute Gasteiger partial charge is 0.480 e. The van der Waals surface area contributed by atoms with Gasteiger partial charge in [0, 0.05) is 0 Å². The van der Waals surface area contributed by atoms with E-state index in [0.717, 1.165) is 0 Å². The lowest BCUT2D eigenvalue weighted by Gasteiger charge is -2.14. The highest BCUT2D eigenvalue weighted by Gasteiger charge is 2.36. The average Bonchev–Trinajstić information content (AvgIpc) is 1.85. The maximum atomic E-state index is 10.8. The molecule has 4 nitrogen and oxygen atoms in total. The van der Waals surface area contributed by atoms with Crippen LogP contribution in [0.15, 0.2) is 0 Å². The molecule has 1 rings (SSSR count). The Morgan fingerprint density at radius 3 is 2.09 bits per heavy atom. The number of hydrogen-bond acceptors (Lipinski definition) is 4. The Kier molecular flexibility index (Phi) is 2.28. The number of thioether (sulfide) groups is 1. The van der Waals surface area contributed by atoms with Gasteiger partial charge in [0.15, 0.2) is 17.5 Å². The van der Waals surface area contributed by atoms with Gasteiger partial charge in [0.25, 0.3) is 0 Å². The number of Topliss-reactive ketones (excluding diaryl/α,β-unsaturated/α-hetero) is 2. The normalized spacial score (nSPS) is 20.4. The summed E-state index contributed by atoms with van der Waals surface area (Å²) in [4.78, 5) is 32.0. The fraction of sp³-hybridized carbons (Fsp3) is 0.500. The van der Waals surface area contributed by atoms with Crippen LogP contribution in [0.25, 0.3) is 0 Å². The van der Waals surface area contributed by atoms with E-state index in [1.165, 1.54) is 11.8 Å². The smallest absolute Gasteiger partial charge is 0.321 e. The molecule has 0 bridgehead atoms. The van der Waals surface area contributed by atoms with Gasteiger partial charge in [-0.3, -0.25) is 14.4 Å². The van der Waals surface area contributed by atoms with Crippen LogP contribution in [0.2, 0.25) is 0 Å². The zero-order valence-corrected chi connectivity index (χ0v) is 6.39. The Balaban J connectivity index is 2.79. The monoisotopic (exact) mass is 174 g/mol. The lowest BCUT2D eigenvalue weighted by molar-refractivity contribution is -0.149. The van der Waals surface area contributed by atoms with E-state index in [1.54, 1.807) is 0 Å². The molecule has 1 saturated heterocycles. The second-order valence-electron chi connectivity index (χ2n) is 2.20. The van der Waals surface area contributed by atoms with Crippen molar-refractivity contribution in [3.63, 3.8) is 0 Å². The van der Waals surface area contributed by atoms with E-state index >= 15 is 0 Å². The number of rotatable bonds is 1. The van der Waals surface area contributed by atoms with Gasteiger partial charge in [-0.25, -0.2) is 0 Å². The average molecular weight is 174 g/mol. The van der Waals surface area contributed by atoms with Crippen molar-refractivity contribution in [1.82, 2.24) is 0 Å². The number of hydrogen-bond donors (Lipinski definition) is 1. The molecule has 0 amide bonds. The molecule has 0 unspecified atom stereocenters. The third kappa shape index (κ3) is 1.59. The third-order valence-corrected chi connectivity index (χ3v) is 2.36. The Morgan fingerprint density at radius 1 is 1.36 bits per heavy atom. The van der Waals surface area contributed by atoms with Gasteiger partial charge in [-0.2, -0.15) is 0 Å². The molecular weight excluding hydrogens is 168 g/mol. The van der Waals surface area contributed by atoms with Gasteiger partial charge < -0.3 is 5.11 Å². The minimum atomic E-state index is -1.39. The van der Waals surface area contributed by atoms with E-state index < -0.39 is 23.5 Å². The molecule has 1 aliphatic rings. The molecule has 1 aliphatic heterocycles. The predicted molar refractivity (Wildman–Crippen MR) is 38.5 cm³/mol. The van der Waals surface area contributed by atoms with E-state index in [4.69, 9.17) is 5.11 Å². The van der Waals surface area contributed by atoms with Gasteiger partial charge in [0.1, 0.15) is 0 Å². The van der Waals surface area contributed by atoms with Crippen LogP contribution in [0.4, 0.5) is 0 Å². The van der Waals surface area contributed by atoms with Crippen molar-refractivity contribution in [3.8, 4) is 0 Å². The molecule has 0 spiro atoms. The van der Waals surface area contributed by atoms with Crippen molar-refractivity contribution in [2.45, 2.75) is 0 Å². The Hall–Kier alpha value is -0.840. The van der Waals surface area contributed by atoms with Gasteiger partial charge in [-0.15, -0.1) is 11.8 Å². The molecule has 0 aromatic carbocycles. The molecular formula is C6H6O4S. The number of carbonyl (C=O) groups is 3. The second-order valence-corrected chi connectivity index (χ2v) is 3.18. The van der Waals surface area contributed by atoms with Crippen LogP contribution in [0, 0.1) is 5.92 Å². The van der Waals surface area contributed by atoms with Gasteiger partial charge in [-0.1, -0.05) is 0 Å². The quantitative estimate of drug-likeness (QED) is 0.546. The summed E-state index contributed by atoms with van der Waals surface area (Å²) in [6.07, 6.45) is 0. The molecule has 1 N–H and O–H groups in total. The van der Waals surface area contributed by atoms with Crippen LogP contribution in [0.3, 0.4) is 0 Å². The van der Waals surface area contributed by atoms with Crippen LogP contribution >= 0.6 is 11.8 Å². The van der Waals surface area contributed by atoms with E-state index in [1.807, 2.05) is 0 Å². The molecule has 0 aromatic heterocycles. The fourth-order valence-corrected chi connectivity index (χ4v) is 1.71. The lowest BCUT2D eigenvalue weighted by atomic mass is 10.0. The summed E-state index contributed by atoms with van der Waals surface area (Å²) in [5.74, 6) is -3.40. The molecule has 11 heavy (non-hydrogen) atoms. The number of carbonyl (C=O) groups excluding carboxylic acids is 2. The van der Waals surface area contributed by atoms with Crippen LogP contribution < -0.4 is 0 Å². The first kappa shape index (κ1) is 8.26. The number of aliphatic carboxylic acids is 1.